The molecule has 0 unspecified atom stereocenters. The molecule has 5 heteroatoms. The Morgan fingerprint density at radius 1 is 1.15 bits per heavy atom. The normalized spacial score (nSPS) is 15.4. The van der Waals surface area contributed by atoms with Gasteiger partial charge in [0.05, 0.1) is 0 Å². The van der Waals surface area contributed by atoms with Gasteiger partial charge in [-0.25, -0.2) is 15.8 Å². The molecular weight excluding hydrogens is 250 g/mol. The molecule has 2 aromatic heterocycles. The Balaban J connectivity index is 1.87. The summed E-state index contributed by atoms with van der Waals surface area (Å²) in [5.41, 5.74) is 4.93. The van der Waals surface area contributed by atoms with Crippen molar-refractivity contribution in [3.63, 3.8) is 0 Å². The molecule has 1 aliphatic carbocycles. The minimum absolute atomic E-state index is 0.557. The fourth-order valence-electron chi connectivity index (χ4n) is 2.78. The second kappa shape index (κ2) is 5.96. The van der Waals surface area contributed by atoms with Crippen molar-refractivity contribution in [2.45, 2.75) is 38.0 Å². The maximum Gasteiger partial charge on any atom is 0.143 e. The average Bonchev–Trinajstić information content (AvgIpc) is 3.02. The number of hydrazine groups is 1. The minimum Gasteiger partial charge on any atom is -0.308 e. The van der Waals surface area contributed by atoms with Crippen molar-refractivity contribution in [1.82, 2.24) is 15.0 Å². The van der Waals surface area contributed by atoms with Crippen LogP contribution in [-0.2, 0) is 6.42 Å². The van der Waals surface area contributed by atoms with E-state index in [0.29, 0.717) is 18.2 Å². The Kier molecular flexibility index (Phi) is 3.87. The van der Waals surface area contributed by atoms with E-state index in [0.717, 1.165) is 17.1 Å². The molecule has 2 aromatic rings. The molecule has 0 radical (unpaired) electrons. The lowest BCUT2D eigenvalue weighted by atomic mass is 10.0. The van der Waals surface area contributed by atoms with Crippen molar-refractivity contribution in [1.29, 1.82) is 0 Å². The van der Waals surface area contributed by atoms with Crippen LogP contribution in [0.3, 0.4) is 0 Å². The number of anilines is 1. The van der Waals surface area contributed by atoms with Crippen LogP contribution in [0.25, 0.3) is 0 Å². The first-order valence-corrected chi connectivity index (χ1v) is 7.08. The number of nitrogens with two attached hydrogens (primary N) is 1. The summed E-state index contributed by atoms with van der Waals surface area (Å²) in [4.78, 5) is 13.2. The van der Waals surface area contributed by atoms with Crippen molar-refractivity contribution in [3.05, 3.63) is 47.7 Å². The van der Waals surface area contributed by atoms with E-state index in [1.807, 2.05) is 18.2 Å². The van der Waals surface area contributed by atoms with Gasteiger partial charge in [0, 0.05) is 36.5 Å². The lowest BCUT2D eigenvalue weighted by molar-refractivity contribution is 0.686. The molecule has 0 aromatic carbocycles. The first kappa shape index (κ1) is 13.0. The van der Waals surface area contributed by atoms with Crippen molar-refractivity contribution < 1.29 is 0 Å². The summed E-state index contributed by atoms with van der Waals surface area (Å²) in [7, 11) is 0. The Morgan fingerprint density at radius 3 is 2.60 bits per heavy atom. The van der Waals surface area contributed by atoms with Crippen LogP contribution in [0, 0.1) is 0 Å². The molecule has 0 aliphatic heterocycles. The molecule has 0 amide bonds. The molecule has 1 saturated carbocycles. The number of pyridine rings is 1. The van der Waals surface area contributed by atoms with Crippen LogP contribution in [0.2, 0.25) is 0 Å². The van der Waals surface area contributed by atoms with Gasteiger partial charge < -0.3 is 5.43 Å². The Morgan fingerprint density at radius 2 is 1.90 bits per heavy atom. The van der Waals surface area contributed by atoms with Gasteiger partial charge in [-0.1, -0.05) is 12.8 Å². The van der Waals surface area contributed by atoms with Crippen molar-refractivity contribution in [2.75, 3.05) is 5.43 Å². The number of aromatic nitrogens is 3. The number of nitrogen functional groups attached to an aromatic ring is 1. The zero-order valence-corrected chi connectivity index (χ0v) is 11.4. The highest BCUT2D eigenvalue weighted by Gasteiger charge is 2.19. The first-order valence-electron chi connectivity index (χ1n) is 7.08. The zero-order valence-electron chi connectivity index (χ0n) is 11.4. The van der Waals surface area contributed by atoms with Gasteiger partial charge in [0.15, 0.2) is 0 Å². The van der Waals surface area contributed by atoms with E-state index in [9.17, 15) is 0 Å². The summed E-state index contributed by atoms with van der Waals surface area (Å²) in [6, 6.07) is 5.95. The molecule has 0 atom stereocenters. The minimum atomic E-state index is 0.557. The fraction of sp³-hybridized carbons (Fsp3) is 0.400. The molecule has 0 spiro atoms. The Bertz CT molecular complexity index is 564. The molecule has 104 valence electrons. The van der Waals surface area contributed by atoms with Gasteiger partial charge in [-0.2, -0.15) is 0 Å². The highest BCUT2D eigenvalue weighted by atomic mass is 15.3. The highest BCUT2D eigenvalue weighted by Crippen LogP contribution is 2.33. The van der Waals surface area contributed by atoms with Crippen LogP contribution in [0.4, 0.5) is 5.82 Å². The summed E-state index contributed by atoms with van der Waals surface area (Å²) in [5, 5.41) is 0. The summed E-state index contributed by atoms with van der Waals surface area (Å²) in [6.07, 6.45) is 9.30. The molecule has 20 heavy (non-hydrogen) atoms. The van der Waals surface area contributed by atoms with E-state index in [2.05, 4.69) is 15.4 Å². The lowest BCUT2D eigenvalue weighted by Crippen LogP contribution is -2.13. The van der Waals surface area contributed by atoms with E-state index >= 15 is 0 Å². The van der Waals surface area contributed by atoms with Crippen molar-refractivity contribution in [2.24, 2.45) is 5.84 Å². The summed E-state index contributed by atoms with van der Waals surface area (Å²) >= 11 is 0. The second-order valence-electron chi connectivity index (χ2n) is 5.25. The summed E-state index contributed by atoms with van der Waals surface area (Å²) in [6.45, 7) is 0. The quantitative estimate of drug-likeness (QED) is 0.658. The predicted octanol–water partition coefficient (Wildman–Crippen LogP) is 2.41. The van der Waals surface area contributed by atoms with E-state index < -0.39 is 0 Å². The Labute approximate surface area is 118 Å². The third kappa shape index (κ3) is 2.93. The predicted molar refractivity (Wildman–Crippen MR) is 78.1 cm³/mol. The van der Waals surface area contributed by atoms with Crippen molar-refractivity contribution in [3.8, 4) is 0 Å². The smallest absolute Gasteiger partial charge is 0.143 e. The van der Waals surface area contributed by atoms with Gasteiger partial charge in [-0.05, 0) is 30.5 Å². The van der Waals surface area contributed by atoms with Crippen LogP contribution in [0.5, 0.6) is 0 Å². The maximum absolute atomic E-state index is 5.53. The second-order valence-corrected chi connectivity index (χ2v) is 5.25. The first-order chi connectivity index (χ1) is 9.85. The monoisotopic (exact) mass is 269 g/mol. The van der Waals surface area contributed by atoms with Gasteiger partial charge >= 0.3 is 0 Å². The molecule has 3 rings (SSSR count). The van der Waals surface area contributed by atoms with Gasteiger partial charge in [-0.15, -0.1) is 0 Å². The van der Waals surface area contributed by atoms with Crippen molar-refractivity contribution >= 4 is 5.82 Å². The zero-order chi connectivity index (χ0) is 13.8. The number of rotatable bonds is 4. The standard InChI is InChI=1S/C15H19N5/c16-20-15-10-13(12-3-1-2-4-12)18-14(19-15)9-11-5-7-17-8-6-11/h5-8,10,12H,1-4,9,16H2,(H,18,19,20). The molecule has 1 aliphatic rings. The number of nitrogens with one attached hydrogen (secondary N) is 1. The van der Waals surface area contributed by atoms with E-state index in [4.69, 9.17) is 10.8 Å². The number of hydrogen-bond acceptors (Lipinski definition) is 5. The number of nitrogens with zero attached hydrogens (tertiary/aromatic N) is 3. The molecule has 3 N–H and O–H groups in total. The topological polar surface area (TPSA) is 76.7 Å². The van der Waals surface area contributed by atoms with Gasteiger partial charge in [0.1, 0.15) is 11.6 Å². The maximum atomic E-state index is 5.53. The molecular formula is C15H19N5. The third-order valence-electron chi connectivity index (χ3n) is 3.83. The van der Waals surface area contributed by atoms with E-state index in [-0.39, 0.29) is 0 Å². The summed E-state index contributed by atoms with van der Waals surface area (Å²) < 4.78 is 0. The number of hydrogen-bond donors (Lipinski definition) is 2. The molecule has 2 heterocycles. The van der Waals surface area contributed by atoms with E-state index in [1.165, 1.54) is 25.7 Å². The summed E-state index contributed by atoms with van der Waals surface area (Å²) in [5.74, 6) is 7.60. The fourth-order valence-corrected chi connectivity index (χ4v) is 2.78. The molecule has 0 saturated heterocycles. The van der Waals surface area contributed by atoms with Crippen LogP contribution in [-0.4, -0.2) is 15.0 Å². The molecule has 1 fully saturated rings. The van der Waals surface area contributed by atoms with Gasteiger partial charge in [-0.3, -0.25) is 4.98 Å². The Hall–Kier alpha value is -2.01. The van der Waals surface area contributed by atoms with E-state index in [1.54, 1.807) is 12.4 Å². The van der Waals surface area contributed by atoms with Crippen LogP contribution < -0.4 is 11.3 Å². The van der Waals surface area contributed by atoms with Crippen LogP contribution in [0.15, 0.2) is 30.6 Å². The van der Waals surface area contributed by atoms with Crippen LogP contribution in [0.1, 0.15) is 48.7 Å². The SMILES string of the molecule is NNc1cc(C2CCCC2)nc(Cc2ccncc2)n1. The highest BCUT2D eigenvalue weighted by molar-refractivity contribution is 5.36. The van der Waals surface area contributed by atoms with Gasteiger partial charge in [0.2, 0.25) is 0 Å². The molecule has 0 bridgehead atoms. The lowest BCUT2D eigenvalue weighted by Gasteiger charge is -2.12. The average molecular weight is 269 g/mol. The van der Waals surface area contributed by atoms with Crippen LogP contribution >= 0.6 is 0 Å². The third-order valence-corrected chi connectivity index (χ3v) is 3.83. The largest absolute Gasteiger partial charge is 0.308 e. The van der Waals surface area contributed by atoms with Gasteiger partial charge in [0.25, 0.3) is 0 Å². The molecule has 5 nitrogen and oxygen atoms in total.